The highest BCUT2D eigenvalue weighted by Gasteiger charge is 2.24. The molecule has 1 atom stereocenters. The molecule has 0 saturated carbocycles. The van der Waals surface area contributed by atoms with Crippen LogP contribution in [0.15, 0.2) is 16.9 Å². The van der Waals surface area contributed by atoms with Gasteiger partial charge in [0, 0.05) is 18.9 Å². The molecule has 2 rings (SSSR count). The van der Waals surface area contributed by atoms with Gasteiger partial charge in [-0.1, -0.05) is 0 Å². The van der Waals surface area contributed by atoms with Crippen molar-refractivity contribution in [1.29, 1.82) is 5.41 Å². The van der Waals surface area contributed by atoms with Crippen molar-refractivity contribution in [3.05, 3.63) is 16.9 Å². The molecule has 0 bridgehead atoms. The fraction of sp³-hybridized carbons (Fsp3) is 0.444. The Labute approximate surface area is 101 Å². The molecular weight excluding hydrogens is 274 g/mol. The number of anilines is 1. The first-order chi connectivity index (χ1) is 7.66. The summed E-state index contributed by atoms with van der Waals surface area (Å²) in [5.41, 5.74) is 5.41. The van der Waals surface area contributed by atoms with Crippen LogP contribution in [0.1, 0.15) is 0 Å². The van der Waals surface area contributed by atoms with Gasteiger partial charge in [-0.25, -0.2) is 9.97 Å². The lowest BCUT2D eigenvalue weighted by molar-refractivity contribution is 0.0820. The summed E-state index contributed by atoms with van der Waals surface area (Å²) >= 11 is 3.28. The lowest BCUT2D eigenvalue weighted by Gasteiger charge is -2.32. The van der Waals surface area contributed by atoms with Gasteiger partial charge in [0.25, 0.3) is 0 Å². The van der Waals surface area contributed by atoms with Gasteiger partial charge in [0.2, 0.25) is 5.95 Å². The molecule has 1 fully saturated rings. The summed E-state index contributed by atoms with van der Waals surface area (Å²) in [6, 6.07) is 0. The maximum absolute atomic E-state index is 7.35. The molecule has 2 heterocycles. The summed E-state index contributed by atoms with van der Waals surface area (Å²) < 4.78 is 6.20. The molecule has 0 aliphatic carbocycles. The van der Waals surface area contributed by atoms with Crippen LogP contribution in [0.25, 0.3) is 0 Å². The van der Waals surface area contributed by atoms with Crippen LogP contribution in [0.5, 0.6) is 0 Å². The average molecular weight is 286 g/mol. The molecule has 1 unspecified atom stereocenters. The topological polar surface area (TPSA) is 88.1 Å². The van der Waals surface area contributed by atoms with Crippen LogP contribution in [-0.2, 0) is 4.74 Å². The van der Waals surface area contributed by atoms with Gasteiger partial charge in [0.1, 0.15) is 11.9 Å². The van der Waals surface area contributed by atoms with Gasteiger partial charge < -0.3 is 15.4 Å². The fourth-order valence-electron chi connectivity index (χ4n) is 1.49. The van der Waals surface area contributed by atoms with Gasteiger partial charge in [-0.15, -0.1) is 0 Å². The Hall–Kier alpha value is -1.21. The molecule has 0 amide bonds. The third kappa shape index (κ3) is 2.48. The monoisotopic (exact) mass is 285 g/mol. The van der Waals surface area contributed by atoms with Gasteiger partial charge in [0.15, 0.2) is 0 Å². The summed E-state index contributed by atoms with van der Waals surface area (Å²) in [4.78, 5) is 10.4. The largest absolute Gasteiger partial charge is 0.385 e. The van der Waals surface area contributed by atoms with Crippen LogP contribution in [0, 0.1) is 5.41 Å². The number of hydrogen-bond donors (Lipinski definition) is 2. The van der Waals surface area contributed by atoms with Crippen molar-refractivity contribution in [2.75, 3.05) is 24.6 Å². The van der Waals surface area contributed by atoms with Crippen LogP contribution in [-0.4, -0.2) is 41.6 Å². The lowest BCUT2D eigenvalue weighted by atomic mass is 10.2. The predicted octanol–water partition coefficient (Wildman–Crippen LogP) is 0.380. The van der Waals surface area contributed by atoms with E-state index in [9.17, 15) is 0 Å². The number of nitrogens with two attached hydrogens (primary N) is 1. The Bertz CT molecular complexity index is 382. The molecule has 1 saturated heterocycles. The first kappa shape index (κ1) is 11.3. The maximum Gasteiger partial charge on any atom is 0.225 e. The molecule has 6 nitrogen and oxygen atoms in total. The van der Waals surface area contributed by atoms with Crippen molar-refractivity contribution in [1.82, 2.24) is 9.97 Å². The van der Waals surface area contributed by atoms with E-state index in [0.717, 1.165) is 4.47 Å². The Balaban J connectivity index is 2.09. The molecule has 1 aromatic rings. The van der Waals surface area contributed by atoms with Crippen molar-refractivity contribution < 1.29 is 4.74 Å². The Morgan fingerprint density at radius 2 is 2.25 bits per heavy atom. The second-order valence-electron chi connectivity index (χ2n) is 3.46. The first-order valence-corrected chi connectivity index (χ1v) is 5.64. The number of hydrogen-bond acceptors (Lipinski definition) is 5. The second kappa shape index (κ2) is 4.75. The SMILES string of the molecule is N=C(N)C1CN(c2ncc(Br)cn2)CCO1. The summed E-state index contributed by atoms with van der Waals surface area (Å²) in [6.07, 6.45) is 3.03. The van der Waals surface area contributed by atoms with Crippen LogP contribution < -0.4 is 10.6 Å². The van der Waals surface area contributed by atoms with E-state index in [-0.39, 0.29) is 11.9 Å². The third-order valence-electron chi connectivity index (χ3n) is 2.30. The van der Waals surface area contributed by atoms with Crippen molar-refractivity contribution in [2.24, 2.45) is 5.73 Å². The average Bonchev–Trinajstić information content (AvgIpc) is 2.30. The maximum atomic E-state index is 7.35. The van der Waals surface area contributed by atoms with E-state index in [1.165, 1.54) is 0 Å². The van der Waals surface area contributed by atoms with E-state index in [2.05, 4.69) is 25.9 Å². The van der Waals surface area contributed by atoms with Crippen LogP contribution >= 0.6 is 15.9 Å². The Kier molecular flexibility index (Phi) is 3.35. The minimum atomic E-state index is -0.360. The number of ether oxygens (including phenoxy) is 1. The molecule has 1 aliphatic rings. The highest BCUT2D eigenvalue weighted by molar-refractivity contribution is 9.10. The number of nitrogens with zero attached hydrogens (tertiary/aromatic N) is 3. The molecule has 1 aliphatic heterocycles. The summed E-state index contributed by atoms with van der Waals surface area (Å²) in [5, 5.41) is 7.35. The molecule has 1 aromatic heterocycles. The fourth-order valence-corrected chi connectivity index (χ4v) is 1.69. The zero-order valence-corrected chi connectivity index (χ0v) is 10.1. The highest BCUT2D eigenvalue weighted by atomic mass is 79.9. The molecule has 0 spiro atoms. The smallest absolute Gasteiger partial charge is 0.225 e. The normalized spacial score (nSPS) is 20.8. The second-order valence-corrected chi connectivity index (χ2v) is 4.38. The number of amidine groups is 1. The van der Waals surface area contributed by atoms with Crippen molar-refractivity contribution in [3.8, 4) is 0 Å². The van der Waals surface area contributed by atoms with E-state index < -0.39 is 0 Å². The zero-order valence-electron chi connectivity index (χ0n) is 8.56. The molecule has 0 aromatic carbocycles. The number of morpholine rings is 1. The molecular formula is C9H12BrN5O. The van der Waals surface area contributed by atoms with E-state index in [1.807, 2.05) is 4.90 Å². The van der Waals surface area contributed by atoms with Gasteiger partial charge in [0.05, 0.1) is 17.6 Å². The number of nitrogens with one attached hydrogen (secondary N) is 1. The van der Waals surface area contributed by atoms with Crippen LogP contribution in [0.3, 0.4) is 0 Å². The van der Waals surface area contributed by atoms with Gasteiger partial charge in [-0.3, -0.25) is 5.41 Å². The highest BCUT2D eigenvalue weighted by Crippen LogP contribution is 2.14. The molecule has 16 heavy (non-hydrogen) atoms. The van der Waals surface area contributed by atoms with E-state index in [4.69, 9.17) is 15.9 Å². The molecule has 0 radical (unpaired) electrons. The lowest BCUT2D eigenvalue weighted by Crippen LogP contribution is -2.48. The van der Waals surface area contributed by atoms with Crippen molar-refractivity contribution >= 4 is 27.7 Å². The predicted molar refractivity (Wildman–Crippen MR) is 63.6 cm³/mol. The van der Waals surface area contributed by atoms with Gasteiger partial charge >= 0.3 is 0 Å². The van der Waals surface area contributed by atoms with Gasteiger partial charge in [-0.05, 0) is 15.9 Å². The molecule has 86 valence electrons. The van der Waals surface area contributed by atoms with Crippen LogP contribution in [0.2, 0.25) is 0 Å². The van der Waals surface area contributed by atoms with Crippen LogP contribution in [0.4, 0.5) is 5.95 Å². The quantitative estimate of drug-likeness (QED) is 0.606. The standard InChI is InChI=1S/C9H12BrN5O/c10-6-3-13-9(14-4-6)15-1-2-16-7(5-15)8(11)12/h3-4,7H,1-2,5H2,(H3,11,12). The minimum Gasteiger partial charge on any atom is -0.385 e. The molecule has 3 N–H and O–H groups in total. The Morgan fingerprint density at radius 3 is 2.88 bits per heavy atom. The van der Waals surface area contributed by atoms with E-state index >= 15 is 0 Å². The summed E-state index contributed by atoms with van der Waals surface area (Å²) in [7, 11) is 0. The zero-order chi connectivity index (χ0) is 11.5. The summed E-state index contributed by atoms with van der Waals surface area (Å²) in [6.45, 7) is 1.77. The number of halogens is 1. The third-order valence-corrected chi connectivity index (χ3v) is 2.71. The minimum absolute atomic E-state index is 0.0433. The van der Waals surface area contributed by atoms with Crippen molar-refractivity contribution in [3.63, 3.8) is 0 Å². The number of rotatable bonds is 2. The van der Waals surface area contributed by atoms with E-state index in [0.29, 0.717) is 25.6 Å². The Morgan fingerprint density at radius 1 is 1.56 bits per heavy atom. The van der Waals surface area contributed by atoms with Crippen molar-refractivity contribution in [2.45, 2.75) is 6.10 Å². The first-order valence-electron chi connectivity index (χ1n) is 4.85. The molecule has 7 heteroatoms. The summed E-state index contributed by atoms with van der Waals surface area (Å²) in [5.74, 6) is 0.680. The number of aromatic nitrogens is 2. The van der Waals surface area contributed by atoms with Gasteiger partial charge in [-0.2, -0.15) is 0 Å². The van der Waals surface area contributed by atoms with E-state index in [1.54, 1.807) is 12.4 Å².